The predicted molar refractivity (Wildman–Crippen MR) is 180 cm³/mol. The van der Waals surface area contributed by atoms with E-state index in [-0.39, 0.29) is 16.4 Å². The second-order valence-corrected chi connectivity index (χ2v) is 10.8. The normalized spacial score (nSPS) is 14.3. The van der Waals surface area contributed by atoms with Gasteiger partial charge < -0.3 is 4.57 Å². The molecule has 0 spiro atoms. The van der Waals surface area contributed by atoms with Crippen molar-refractivity contribution < 1.29 is 14.5 Å². The summed E-state index contributed by atoms with van der Waals surface area (Å²) in [5.41, 5.74) is 5.07. The zero-order chi connectivity index (χ0) is 31.5. The molecule has 1 aliphatic heterocycles. The molecule has 0 radical (unpaired) electrons. The Morgan fingerprint density at radius 1 is 0.756 bits per heavy atom. The van der Waals surface area contributed by atoms with Gasteiger partial charge in [0.2, 0.25) is 0 Å². The van der Waals surface area contributed by atoms with Crippen LogP contribution in [0.2, 0.25) is 0 Å². The van der Waals surface area contributed by atoms with Crippen molar-refractivity contribution in [2.45, 2.75) is 13.3 Å². The number of nitrogens with zero attached hydrogens (tertiary/aromatic N) is 4. The van der Waals surface area contributed by atoms with Crippen LogP contribution in [0.1, 0.15) is 18.9 Å². The SMILES string of the molecule is CCCN1C(=O)/C(=C/c2cc(-c3ccccc3)n(-c3ccc([N+](=O)[O-])cc3)c2-c2ccccc2)C(=O)N(c2ccccc2)C1=S. The van der Waals surface area contributed by atoms with Gasteiger partial charge in [-0.3, -0.25) is 29.5 Å². The van der Waals surface area contributed by atoms with E-state index in [9.17, 15) is 19.7 Å². The first kappa shape index (κ1) is 29.4. The molecular weight excluding hydrogens is 584 g/mol. The summed E-state index contributed by atoms with van der Waals surface area (Å²) in [6.45, 7) is 2.31. The molecule has 1 fully saturated rings. The zero-order valence-corrected chi connectivity index (χ0v) is 25.2. The van der Waals surface area contributed by atoms with Crippen LogP contribution in [0.5, 0.6) is 0 Å². The monoisotopic (exact) mass is 612 g/mol. The van der Waals surface area contributed by atoms with Crippen LogP contribution in [0.15, 0.2) is 127 Å². The van der Waals surface area contributed by atoms with Gasteiger partial charge in [-0.25, -0.2) is 0 Å². The Bertz CT molecular complexity index is 1940. The second-order valence-electron chi connectivity index (χ2n) is 10.4. The molecule has 45 heavy (non-hydrogen) atoms. The molecule has 0 bridgehead atoms. The molecule has 2 amide bonds. The molecule has 222 valence electrons. The first-order valence-electron chi connectivity index (χ1n) is 14.5. The van der Waals surface area contributed by atoms with Gasteiger partial charge in [0.15, 0.2) is 5.11 Å². The van der Waals surface area contributed by atoms with Gasteiger partial charge in [0.25, 0.3) is 17.5 Å². The van der Waals surface area contributed by atoms with Crippen molar-refractivity contribution in [1.29, 1.82) is 0 Å². The molecule has 2 heterocycles. The molecule has 1 saturated heterocycles. The number of amides is 2. The average molecular weight is 613 g/mol. The molecule has 9 heteroatoms. The number of carbonyl (C=O) groups excluding carboxylic acids is 2. The highest BCUT2D eigenvalue weighted by atomic mass is 32.1. The topological polar surface area (TPSA) is 88.7 Å². The molecule has 4 aromatic carbocycles. The number of thiocarbonyl (C=S) groups is 1. The Kier molecular flexibility index (Phi) is 8.18. The van der Waals surface area contributed by atoms with Crippen LogP contribution in [-0.2, 0) is 9.59 Å². The quantitative estimate of drug-likeness (QED) is 0.0590. The fourth-order valence-corrected chi connectivity index (χ4v) is 5.86. The van der Waals surface area contributed by atoms with Gasteiger partial charge in [-0.1, -0.05) is 85.8 Å². The molecular formula is C36H28N4O4S. The van der Waals surface area contributed by atoms with Crippen molar-refractivity contribution in [2.75, 3.05) is 11.4 Å². The van der Waals surface area contributed by atoms with Gasteiger partial charge in [0.05, 0.1) is 22.0 Å². The summed E-state index contributed by atoms with van der Waals surface area (Å²) >= 11 is 5.68. The third-order valence-electron chi connectivity index (χ3n) is 7.56. The maximum Gasteiger partial charge on any atom is 0.270 e. The summed E-state index contributed by atoms with van der Waals surface area (Å²) in [5, 5.41) is 11.6. The van der Waals surface area contributed by atoms with Crippen molar-refractivity contribution >= 4 is 46.6 Å². The van der Waals surface area contributed by atoms with Gasteiger partial charge in [-0.15, -0.1) is 0 Å². The maximum atomic E-state index is 14.1. The molecule has 0 saturated carbocycles. The van der Waals surface area contributed by atoms with Crippen molar-refractivity contribution in [3.63, 3.8) is 0 Å². The minimum atomic E-state index is -0.507. The smallest absolute Gasteiger partial charge is 0.270 e. The minimum absolute atomic E-state index is 0.0152. The molecule has 0 N–H and O–H groups in total. The number of nitro groups is 1. The van der Waals surface area contributed by atoms with E-state index in [1.807, 2.05) is 96.4 Å². The summed E-state index contributed by atoms with van der Waals surface area (Å²) < 4.78 is 2.00. The Hall–Kier alpha value is -5.67. The lowest BCUT2D eigenvalue weighted by Crippen LogP contribution is -2.56. The summed E-state index contributed by atoms with van der Waals surface area (Å²) in [4.78, 5) is 42.0. The van der Waals surface area contributed by atoms with Crippen LogP contribution in [-0.4, -0.2) is 37.9 Å². The maximum absolute atomic E-state index is 14.1. The van der Waals surface area contributed by atoms with Gasteiger partial charge in [-0.05, 0) is 66.2 Å². The first-order valence-corrected chi connectivity index (χ1v) is 14.9. The first-order chi connectivity index (χ1) is 21.9. The van der Waals surface area contributed by atoms with E-state index < -0.39 is 16.7 Å². The molecule has 6 rings (SSSR count). The lowest BCUT2D eigenvalue weighted by atomic mass is 10.0. The van der Waals surface area contributed by atoms with Crippen molar-refractivity contribution in [1.82, 2.24) is 9.47 Å². The molecule has 0 aliphatic carbocycles. The van der Waals surface area contributed by atoms with Crippen molar-refractivity contribution in [3.05, 3.63) is 143 Å². The predicted octanol–water partition coefficient (Wildman–Crippen LogP) is 7.67. The van der Waals surface area contributed by atoms with E-state index in [0.717, 1.165) is 22.5 Å². The molecule has 5 aromatic rings. The molecule has 1 aliphatic rings. The van der Waals surface area contributed by atoms with Gasteiger partial charge in [-0.2, -0.15) is 0 Å². The third kappa shape index (κ3) is 5.57. The molecule has 0 atom stereocenters. The van der Waals surface area contributed by atoms with Crippen molar-refractivity contribution in [2.24, 2.45) is 0 Å². The highest BCUT2D eigenvalue weighted by molar-refractivity contribution is 7.80. The zero-order valence-electron chi connectivity index (χ0n) is 24.4. The molecule has 1 aromatic heterocycles. The summed E-state index contributed by atoms with van der Waals surface area (Å²) in [7, 11) is 0. The Morgan fingerprint density at radius 2 is 1.33 bits per heavy atom. The van der Waals surface area contributed by atoms with Crippen LogP contribution in [0.25, 0.3) is 34.3 Å². The minimum Gasteiger partial charge on any atom is -0.309 e. The number of carbonyl (C=O) groups is 2. The third-order valence-corrected chi connectivity index (χ3v) is 7.96. The van der Waals surface area contributed by atoms with E-state index in [1.54, 1.807) is 30.3 Å². The highest BCUT2D eigenvalue weighted by Crippen LogP contribution is 2.38. The number of aromatic nitrogens is 1. The number of benzene rings is 4. The van der Waals surface area contributed by atoms with E-state index >= 15 is 0 Å². The van der Waals surface area contributed by atoms with E-state index in [1.165, 1.54) is 21.9 Å². The van der Waals surface area contributed by atoms with Crippen LogP contribution in [0.4, 0.5) is 11.4 Å². The number of rotatable bonds is 8. The van der Waals surface area contributed by atoms with Gasteiger partial charge in [0.1, 0.15) is 5.57 Å². The second kappa shape index (κ2) is 12.5. The highest BCUT2D eigenvalue weighted by Gasteiger charge is 2.40. The van der Waals surface area contributed by atoms with Crippen molar-refractivity contribution in [3.8, 4) is 28.2 Å². The number of nitro benzene ring substituents is 1. The largest absolute Gasteiger partial charge is 0.309 e. The fraction of sp³-hybridized carbons (Fsp3) is 0.0833. The van der Waals surface area contributed by atoms with Crippen LogP contribution < -0.4 is 4.90 Å². The number of anilines is 1. The van der Waals surface area contributed by atoms with E-state index in [4.69, 9.17) is 12.2 Å². The Morgan fingerprint density at radius 3 is 1.91 bits per heavy atom. The number of hydrogen-bond acceptors (Lipinski definition) is 5. The summed E-state index contributed by atoms with van der Waals surface area (Å²) in [6.07, 6.45) is 2.29. The summed E-state index contributed by atoms with van der Waals surface area (Å²) in [6, 6.07) is 36.7. The lowest BCUT2D eigenvalue weighted by molar-refractivity contribution is -0.384. The lowest BCUT2D eigenvalue weighted by Gasteiger charge is -2.36. The standard InChI is InChI=1S/C36H28N4O4S/c1-2-22-37-34(41)31(35(42)39(36(37)45)28-16-10-5-11-17-28)23-27-24-32(25-12-6-3-7-13-25)38(33(27)26-14-8-4-9-15-26)29-18-20-30(21-19-29)40(43)44/h3-21,23-24H,2,22H2,1H3/b31-23-. The average Bonchev–Trinajstić information content (AvgIpc) is 3.45. The molecule has 0 unspecified atom stereocenters. The van der Waals surface area contributed by atoms with Gasteiger partial charge >= 0.3 is 0 Å². The van der Waals surface area contributed by atoms with Gasteiger partial charge in [0, 0.05) is 29.9 Å². The molecule has 8 nitrogen and oxygen atoms in total. The fourth-order valence-electron chi connectivity index (χ4n) is 5.50. The Balaban J connectivity index is 1.62. The van der Waals surface area contributed by atoms with E-state index in [2.05, 4.69) is 0 Å². The number of para-hydroxylation sites is 1. The number of non-ortho nitro benzene ring substituents is 1. The van der Waals surface area contributed by atoms with Crippen LogP contribution in [0, 0.1) is 10.1 Å². The Labute approximate surface area is 265 Å². The number of hydrogen-bond donors (Lipinski definition) is 0. The van der Waals surface area contributed by atoms with E-state index in [0.29, 0.717) is 29.9 Å². The summed E-state index contributed by atoms with van der Waals surface area (Å²) in [5.74, 6) is -0.964. The van der Waals surface area contributed by atoms with Crippen LogP contribution >= 0.6 is 12.2 Å². The van der Waals surface area contributed by atoms with Crippen LogP contribution in [0.3, 0.4) is 0 Å².